The predicted molar refractivity (Wildman–Crippen MR) is 136 cm³/mol. The lowest BCUT2D eigenvalue weighted by Gasteiger charge is -2.29. The van der Waals surface area contributed by atoms with E-state index >= 15 is 0 Å². The van der Waals surface area contributed by atoms with Crippen LogP contribution in [0.1, 0.15) is 74.1 Å². The van der Waals surface area contributed by atoms with Gasteiger partial charge in [0.2, 0.25) is 5.91 Å². The number of thiazole rings is 1. The Morgan fingerprint density at radius 2 is 1.88 bits per heavy atom. The van der Waals surface area contributed by atoms with Crippen LogP contribution >= 0.6 is 11.3 Å². The minimum Gasteiger partial charge on any atom is -0.386 e. The van der Waals surface area contributed by atoms with Crippen LogP contribution in [0.5, 0.6) is 0 Å². The largest absolute Gasteiger partial charge is 0.386 e. The standard InChI is InChI=1S/C25H29N5O2S.CH4/c1-14-10-19(29-22(11-14)30-21-12-18(8-9-27-21)15-2-3-15)20-13-28-25(33-20)23(31)16-4-6-17(7-5-16)24(26)32;/h8-13,15-17,23,31H,2-7H2,1H3,(H2,26,32)(H,27,29,30);1H4. The predicted octanol–water partition coefficient (Wildman–Crippen LogP) is 5.49. The summed E-state index contributed by atoms with van der Waals surface area (Å²) in [6.45, 7) is 2.04. The lowest BCUT2D eigenvalue weighted by Crippen LogP contribution is -2.29. The highest BCUT2D eigenvalue weighted by Gasteiger charge is 2.31. The van der Waals surface area contributed by atoms with Crippen molar-refractivity contribution in [3.8, 4) is 10.6 Å². The zero-order valence-electron chi connectivity index (χ0n) is 18.7. The second-order valence-corrected chi connectivity index (χ2v) is 10.4. The first kappa shape index (κ1) is 24.3. The van der Waals surface area contributed by atoms with Crippen LogP contribution in [-0.4, -0.2) is 26.0 Å². The summed E-state index contributed by atoms with van der Waals surface area (Å²) in [5, 5.41) is 14.9. The number of aromatic nitrogens is 3. The summed E-state index contributed by atoms with van der Waals surface area (Å²) in [6.07, 6.45) is 8.55. The zero-order chi connectivity index (χ0) is 22.9. The van der Waals surface area contributed by atoms with Crippen molar-refractivity contribution >= 4 is 28.9 Å². The molecule has 0 aromatic carbocycles. The van der Waals surface area contributed by atoms with E-state index in [9.17, 15) is 9.90 Å². The number of aryl methyl sites for hydroxylation is 1. The van der Waals surface area contributed by atoms with E-state index in [4.69, 9.17) is 10.7 Å². The van der Waals surface area contributed by atoms with Crippen molar-refractivity contribution in [2.24, 2.45) is 17.6 Å². The Morgan fingerprint density at radius 3 is 2.59 bits per heavy atom. The van der Waals surface area contributed by atoms with Crippen LogP contribution in [0.2, 0.25) is 0 Å². The summed E-state index contributed by atoms with van der Waals surface area (Å²) in [5.74, 6) is 2.02. The topological polar surface area (TPSA) is 114 Å². The van der Waals surface area contributed by atoms with Gasteiger partial charge in [-0.1, -0.05) is 7.43 Å². The maximum atomic E-state index is 11.4. The molecule has 3 heterocycles. The monoisotopic (exact) mass is 479 g/mol. The Bertz CT molecular complexity index is 1150. The number of hydrogen-bond donors (Lipinski definition) is 3. The Labute approximate surface area is 204 Å². The Kier molecular flexibility index (Phi) is 7.28. The third-order valence-corrected chi connectivity index (χ3v) is 7.80. The van der Waals surface area contributed by atoms with Crippen LogP contribution in [-0.2, 0) is 4.79 Å². The van der Waals surface area contributed by atoms with E-state index in [1.165, 1.54) is 29.7 Å². The molecule has 180 valence electrons. The molecule has 7 nitrogen and oxygen atoms in total. The average Bonchev–Trinajstić information content (AvgIpc) is 3.55. The van der Waals surface area contributed by atoms with Crippen LogP contribution < -0.4 is 11.1 Å². The highest BCUT2D eigenvalue weighted by Crippen LogP contribution is 2.41. The van der Waals surface area contributed by atoms with Gasteiger partial charge in [0.25, 0.3) is 0 Å². The quantitative estimate of drug-likeness (QED) is 0.413. The molecule has 34 heavy (non-hydrogen) atoms. The second-order valence-electron chi connectivity index (χ2n) is 9.31. The molecular weight excluding hydrogens is 446 g/mol. The molecule has 3 aromatic rings. The Morgan fingerprint density at radius 1 is 1.12 bits per heavy atom. The summed E-state index contributed by atoms with van der Waals surface area (Å²) in [7, 11) is 0. The summed E-state index contributed by atoms with van der Waals surface area (Å²) in [5.41, 5.74) is 8.67. The number of nitrogens with zero attached hydrogens (tertiary/aromatic N) is 3. The van der Waals surface area contributed by atoms with Gasteiger partial charge >= 0.3 is 0 Å². The van der Waals surface area contributed by atoms with E-state index < -0.39 is 6.10 Å². The molecule has 2 saturated carbocycles. The van der Waals surface area contributed by atoms with Crippen molar-refractivity contribution in [1.29, 1.82) is 0 Å². The number of amides is 1. The molecule has 0 aliphatic heterocycles. The number of nitrogens with one attached hydrogen (secondary N) is 1. The van der Waals surface area contributed by atoms with Crippen LogP contribution in [0.4, 0.5) is 11.6 Å². The summed E-state index contributed by atoms with van der Waals surface area (Å²) >= 11 is 1.47. The number of anilines is 2. The van der Waals surface area contributed by atoms with E-state index in [0.29, 0.717) is 10.9 Å². The Balaban J connectivity index is 0.00000274. The summed E-state index contributed by atoms with van der Waals surface area (Å²) < 4.78 is 0. The number of nitrogens with two attached hydrogens (primary N) is 1. The number of aliphatic hydroxyl groups excluding tert-OH is 1. The van der Waals surface area contributed by atoms with Crippen molar-refractivity contribution in [3.05, 3.63) is 52.8 Å². The van der Waals surface area contributed by atoms with Gasteiger partial charge in [-0.15, -0.1) is 11.3 Å². The van der Waals surface area contributed by atoms with E-state index in [1.54, 1.807) is 6.20 Å². The fourth-order valence-corrected chi connectivity index (χ4v) is 5.60. The maximum Gasteiger partial charge on any atom is 0.220 e. The van der Waals surface area contributed by atoms with Crippen molar-refractivity contribution in [2.75, 3.05) is 5.32 Å². The third kappa shape index (κ3) is 5.45. The van der Waals surface area contributed by atoms with Gasteiger partial charge < -0.3 is 16.2 Å². The minimum atomic E-state index is -0.630. The van der Waals surface area contributed by atoms with Crippen molar-refractivity contribution in [2.45, 2.75) is 64.9 Å². The fraction of sp³-hybridized carbons (Fsp3) is 0.462. The van der Waals surface area contributed by atoms with Gasteiger partial charge in [-0.05, 0) is 92.7 Å². The molecule has 2 aliphatic carbocycles. The molecule has 1 amide bonds. The molecule has 1 unspecified atom stereocenters. The van der Waals surface area contributed by atoms with Crippen molar-refractivity contribution < 1.29 is 9.90 Å². The summed E-state index contributed by atoms with van der Waals surface area (Å²) in [6, 6.07) is 8.22. The van der Waals surface area contributed by atoms with Crippen LogP contribution in [0, 0.1) is 18.8 Å². The second kappa shape index (κ2) is 10.2. The maximum absolute atomic E-state index is 11.4. The number of aliphatic hydroxyl groups is 1. The number of hydrogen-bond acceptors (Lipinski definition) is 7. The number of carbonyl (C=O) groups excluding carboxylic acids is 1. The molecule has 2 aliphatic rings. The van der Waals surface area contributed by atoms with Gasteiger partial charge in [0.1, 0.15) is 22.7 Å². The normalized spacial score (nSPS) is 20.9. The Hall–Kier alpha value is -2.84. The highest BCUT2D eigenvalue weighted by molar-refractivity contribution is 7.15. The molecule has 2 fully saturated rings. The smallest absolute Gasteiger partial charge is 0.220 e. The molecule has 0 radical (unpaired) electrons. The molecule has 0 bridgehead atoms. The van der Waals surface area contributed by atoms with E-state index in [1.807, 2.05) is 25.3 Å². The number of primary amides is 1. The SMILES string of the molecule is C.Cc1cc(Nc2cc(C3CC3)ccn2)nc(-c2cnc(C(O)C3CCC(C(N)=O)CC3)s2)c1. The highest BCUT2D eigenvalue weighted by atomic mass is 32.1. The first-order valence-corrected chi connectivity index (χ1v) is 12.4. The van der Waals surface area contributed by atoms with Gasteiger partial charge in [0.15, 0.2) is 0 Å². The number of rotatable bonds is 7. The van der Waals surface area contributed by atoms with E-state index in [0.717, 1.165) is 53.5 Å². The van der Waals surface area contributed by atoms with Gasteiger partial charge in [-0.25, -0.2) is 15.0 Å². The van der Waals surface area contributed by atoms with Gasteiger partial charge in [0, 0.05) is 18.3 Å². The zero-order valence-corrected chi connectivity index (χ0v) is 19.5. The lowest BCUT2D eigenvalue weighted by molar-refractivity contribution is -0.123. The first-order chi connectivity index (χ1) is 16.0. The van der Waals surface area contributed by atoms with Crippen LogP contribution in [0.3, 0.4) is 0 Å². The van der Waals surface area contributed by atoms with Crippen molar-refractivity contribution in [3.63, 3.8) is 0 Å². The van der Waals surface area contributed by atoms with Crippen LogP contribution in [0.25, 0.3) is 10.6 Å². The first-order valence-electron chi connectivity index (χ1n) is 11.6. The molecule has 3 aromatic heterocycles. The van der Waals surface area contributed by atoms with Crippen LogP contribution in [0.15, 0.2) is 36.7 Å². The molecule has 4 N–H and O–H groups in total. The molecule has 0 spiro atoms. The minimum absolute atomic E-state index is 0. The number of pyridine rings is 2. The number of carbonyl (C=O) groups is 1. The molecular formula is C26H33N5O2S. The summed E-state index contributed by atoms with van der Waals surface area (Å²) in [4.78, 5) is 26.1. The van der Waals surface area contributed by atoms with E-state index in [-0.39, 0.29) is 25.2 Å². The van der Waals surface area contributed by atoms with Gasteiger partial charge in [-0.3, -0.25) is 4.79 Å². The fourth-order valence-electron chi connectivity index (χ4n) is 4.64. The molecule has 5 rings (SSSR count). The third-order valence-electron chi connectivity index (χ3n) is 6.71. The lowest BCUT2D eigenvalue weighted by atomic mass is 9.79. The molecule has 8 heteroatoms. The van der Waals surface area contributed by atoms with E-state index in [2.05, 4.69) is 27.4 Å². The molecule has 1 atom stereocenters. The van der Waals surface area contributed by atoms with Gasteiger partial charge in [-0.2, -0.15) is 0 Å². The van der Waals surface area contributed by atoms with Gasteiger partial charge in [0.05, 0.1) is 10.6 Å². The average molecular weight is 480 g/mol. The molecule has 0 saturated heterocycles. The van der Waals surface area contributed by atoms with Crippen molar-refractivity contribution in [1.82, 2.24) is 15.0 Å².